The molecule has 0 aliphatic heterocycles. The summed E-state index contributed by atoms with van der Waals surface area (Å²) in [6.45, 7) is 0. The Morgan fingerprint density at radius 1 is 1.30 bits per heavy atom. The molecule has 1 aromatic carbocycles. The lowest BCUT2D eigenvalue weighted by molar-refractivity contribution is -0.118. The number of nitrogens with one attached hydrogen (secondary N) is 1. The minimum atomic E-state index is -4.09. The van der Waals surface area contributed by atoms with Gasteiger partial charge < -0.3 is 0 Å². The zero-order chi connectivity index (χ0) is 17.2. The molecule has 10 heteroatoms. The van der Waals surface area contributed by atoms with Gasteiger partial charge in [0.15, 0.2) is 0 Å². The third-order valence-electron chi connectivity index (χ3n) is 2.64. The number of hydrogen-bond donors (Lipinski definition) is 1. The van der Waals surface area contributed by atoms with Crippen molar-refractivity contribution in [3.8, 4) is 6.07 Å². The predicted molar refractivity (Wildman–Crippen MR) is 92.2 cm³/mol. The lowest BCUT2D eigenvalue weighted by Gasteiger charge is -2.07. The van der Waals surface area contributed by atoms with E-state index >= 15 is 0 Å². The summed E-state index contributed by atoms with van der Waals surface area (Å²) in [5.41, 5.74) is 0.598. The molecule has 0 atom stereocenters. The van der Waals surface area contributed by atoms with Crippen LogP contribution in [0.3, 0.4) is 0 Å². The van der Waals surface area contributed by atoms with Crippen molar-refractivity contribution in [3.05, 3.63) is 48.5 Å². The van der Waals surface area contributed by atoms with E-state index in [0.29, 0.717) is 18.7 Å². The summed E-state index contributed by atoms with van der Waals surface area (Å²) in [5, 5.41) is 8.88. The van der Waals surface area contributed by atoms with E-state index in [9.17, 15) is 13.2 Å². The van der Waals surface area contributed by atoms with Crippen molar-refractivity contribution in [1.29, 1.82) is 5.26 Å². The van der Waals surface area contributed by atoms with Gasteiger partial charge in [0.1, 0.15) is 0 Å². The maximum Gasteiger partial charge on any atom is 0.264 e. The van der Waals surface area contributed by atoms with Crippen LogP contribution in [0.25, 0.3) is 0 Å². The minimum absolute atomic E-state index is 0.153. The second kappa shape index (κ2) is 7.20. The topological polar surface area (TPSA) is 87.0 Å². The standard InChI is InChI=1S/C13H7BrCl2N2O3S2/c14-9-1-7(6-17)2-10(5-9)23(20,21)18-12(19)4-8-3-11(15)22-13(8)16/h1-3,5H,4H2,(H,18,19). The summed E-state index contributed by atoms with van der Waals surface area (Å²) in [5.74, 6) is -0.750. The summed E-state index contributed by atoms with van der Waals surface area (Å²) >= 11 is 15.9. The highest BCUT2D eigenvalue weighted by Gasteiger charge is 2.20. The molecular weight excluding hydrogens is 447 g/mol. The predicted octanol–water partition coefficient (Wildman–Crippen LogP) is 3.74. The van der Waals surface area contributed by atoms with Crippen molar-refractivity contribution in [3.63, 3.8) is 0 Å². The van der Waals surface area contributed by atoms with Gasteiger partial charge in [0, 0.05) is 4.47 Å². The first kappa shape index (κ1) is 18.2. The van der Waals surface area contributed by atoms with Gasteiger partial charge in [-0.3, -0.25) is 4.79 Å². The van der Waals surface area contributed by atoms with Gasteiger partial charge in [0.2, 0.25) is 5.91 Å². The second-order valence-corrected chi connectivity index (χ2v) is 9.23. The van der Waals surface area contributed by atoms with Crippen LogP contribution in [-0.2, 0) is 21.2 Å². The molecule has 0 saturated carbocycles. The van der Waals surface area contributed by atoms with Crippen LogP contribution in [0.5, 0.6) is 0 Å². The fourth-order valence-electron chi connectivity index (χ4n) is 1.70. The van der Waals surface area contributed by atoms with Crippen LogP contribution in [0.15, 0.2) is 33.6 Å². The van der Waals surface area contributed by atoms with Crippen LogP contribution in [0, 0.1) is 11.3 Å². The summed E-state index contributed by atoms with van der Waals surface area (Å²) in [6, 6.07) is 7.29. The first-order chi connectivity index (χ1) is 10.7. The van der Waals surface area contributed by atoms with Crippen LogP contribution < -0.4 is 4.72 Å². The van der Waals surface area contributed by atoms with Gasteiger partial charge in [0.05, 0.1) is 31.6 Å². The van der Waals surface area contributed by atoms with E-state index in [4.69, 9.17) is 28.5 Å². The van der Waals surface area contributed by atoms with Gasteiger partial charge in [-0.1, -0.05) is 39.1 Å². The Balaban J connectivity index is 2.21. The molecular formula is C13H7BrCl2N2O3S2. The van der Waals surface area contributed by atoms with Crippen LogP contribution >= 0.6 is 50.5 Å². The fourth-order valence-corrected chi connectivity index (χ4v) is 4.88. The van der Waals surface area contributed by atoms with Crippen LogP contribution in [-0.4, -0.2) is 14.3 Å². The SMILES string of the molecule is N#Cc1cc(Br)cc(S(=O)(=O)NC(=O)Cc2cc(Cl)sc2Cl)c1. The minimum Gasteiger partial charge on any atom is -0.274 e. The number of amides is 1. The van der Waals surface area contributed by atoms with Crippen LogP contribution in [0.2, 0.25) is 8.67 Å². The number of benzene rings is 1. The Bertz CT molecular complexity index is 920. The van der Waals surface area contributed by atoms with Crippen molar-refractivity contribution in [2.24, 2.45) is 0 Å². The quantitative estimate of drug-likeness (QED) is 0.763. The van der Waals surface area contributed by atoms with Gasteiger partial charge in [-0.2, -0.15) is 5.26 Å². The van der Waals surface area contributed by atoms with E-state index in [2.05, 4.69) is 15.9 Å². The third-order valence-corrected chi connectivity index (χ3v) is 6.02. The highest BCUT2D eigenvalue weighted by Crippen LogP contribution is 2.31. The molecule has 2 aromatic rings. The smallest absolute Gasteiger partial charge is 0.264 e. The van der Waals surface area contributed by atoms with Gasteiger partial charge in [-0.25, -0.2) is 13.1 Å². The molecule has 5 nitrogen and oxygen atoms in total. The van der Waals surface area contributed by atoms with E-state index in [0.717, 1.165) is 11.3 Å². The lowest BCUT2D eigenvalue weighted by Crippen LogP contribution is -2.31. The summed E-state index contributed by atoms with van der Waals surface area (Å²) in [4.78, 5) is 11.7. The Labute approximate surface area is 155 Å². The first-order valence-corrected chi connectivity index (χ1v) is 9.76. The van der Waals surface area contributed by atoms with Crippen molar-refractivity contribution < 1.29 is 13.2 Å². The van der Waals surface area contributed by atoms with Gasteiger partial charge in [-0.05, 0) is 29.8 Å². The molecule has 2 rings (SSSR count). The number of nitrogens with zero attached hydrogens (tertiary/aromatic N) is 1. The number of halogens is 3. The Morgan fingerprint density at radius 3 is 2.57 bits per heavy atom. The zero-order valence-corrected chi connectivity index (χ0v) is 15.9. The van der Waals surface area contributed by atoms with Crippen molar-refractivity contribution in [2.75, 3.05) is 0 Å². The molecule has 23 heavy (non-hydrogen) atoms. The maximum absolute atomic E-state index is 12.2. The third kappa shape index (κ3) is 4.68. The number of hydrogen-bond acceptors (Lipinski definition) is 5. The molecule has 0 unspecified atom stereocenters. The molecule has 1 heterocycles. The average Bonchev–Trinajstić information content (AvgIpc) is 2.75. The molecule has 0 fully saturated rings. The van der Waals surface area contributed by atoms with E-state index in [1.165, 1.54) is 24.3 Å². The Hall–Kier alpha value is -1.11. The van der Waals surface area contributed by atoms with Gasteiger partial charge >= 0.3 is 0 Å². The van der Waals surface area contributed by atoms with E-state index in [1.807, 2.05) is 10.8 Å². The number of rotatable bonds is 4. The van der Waals surface area contributed by atoms with Crippen LogP contribution in [0.4, 0.5) is 0 Å². The number of thiophene rings is 1. The molecule has 1 amide bonds. The summed E-state index contributed by atoms with van der Waals surface area (Å²) < 4.78 is 27.5. The Morgan fingerprint density at radius 2 is 2.00 bits per heavy atom. The summed E-state index contributed by atoms with van der Waals surface area (Å²) in [7, 11) is -4.09. The fraction of sp³-hybridized carbons (Fsp3) is 0.0769. The van der Waals surface area contributed by atoms with Gasteiger partial charge in [0.25, 0.3) is 10.0 Å². The molecule has 0 aliphatic carbocycles. The number of nitriles is 1. The normalized spacial score (nSPS) is 11.0. The molecule has 0 radical (unpaired) electrons. The Kier molecular flexibility index (Phi) is 5.70. The average molecular weight is 454 g/mol. The molecule has 0 saturated heterocycles. The van der Waals surface area contributed by atoms with Gasteiger partial charge in [-0.15, -0.1) is 11.3 Å². The first-order valence-electron chi connectivity index (χ1n) is 5.91. The molecule has 0 bridgehead atoms. The van der Waals surface area contributed by atoms with E-state index < -0.39 is 15.9 Å². The monoisotopic (exact) mass is 452 g/mol. The molecule has 1 N–H and O–H groups in total. The number of carbonyl (C=O) groups is 1. The number of sulfonamides is 1. The molecule has 0 aliphatic rings. The van der Waals surface area contributed by atoms with E-state index in [-0.39, 0.29) is 16.9 Å². The largest absolute Gasteiger partial charge is 0.274 e. The molecule has 120 valence electrons. The highest BCUT2D eigenvalue weighted by molar-refractivity contribution is 9.10. The summed E-state index contributed by atoms with van der Waals surface area (Å²) in [6.07, 6.45) is -0.222. The number of carbonyl (C=O) groups excluding carboxylic acids is 1. The van der Waals surface area contributed by atoms with Crippen LogP contribution in [0.1, 0.15) is 11.1 Å². The zero-order valence-electron chi connectivity index (χ0n) is 11.1. The molecule has 0 spiro atoms. The van der Waals surface area contributed by atoms with Crippen molar-refractivity contribution in [2.45, 2.75) is 11.3 Å². The molecule has 1 aromatic heterocycles. The second-order valence-electron chi connectivity index (χ2n) is 4.34. The van der Waals surface area contributed by atoms with E-state index in [1.54, 1.807) is 0 Å². The van der Waals surface area contributed by atoms with Crippen molar-refractivity contribution in [1.82, 2.24) is 4.72 Å². The lowest BCUT2D eigenvalue weighted by atomic mass is 10.2. The van der Waals surface area contributed by atoms with Crippen molar-refractivity contribution >= 4 is 66.4 Å². The highest BCUT2D eigenvalue weighted by atomic mass is 79.9. The maximum atomic E-state index is 12.2.